The zero-order valence-electron chi connectivity index (χ0n) is 17.2. The molecule has 2 heterocycles. The third-order valence-electron chi connectivity index (χ3n) is 5.87. The van der Waals surface area contributed by atoms with Crippen LogP contribution in [0.4, 0.5) is 4.39 Å². The maximum Gasteiger partial charge on any atom is 0.255 e. The minimum absolute atomic E-state index is 0.0680. The summed E-state index contributed by atoms with van der Waals surface area (Å²) in [5.74, 6) is 0.371. The highest BCUT2D eigenvalue weighted by Crippen LogP contribution is 2.28. The molecule has 1 amide bonds. The first kappa shape index (κ1) is 20.3. The van der Waals surface area contributed by atoms with Crippen molar-refractivity contribution in [1.82, 2.24) is 9.88 Å². The van der Waals surface area contributed by atoms with Crippen LogP contribution in [0.3, 0.4) is 0 Å². The number of halogens is 1. The summed E-state index contributed by atoms with van der Waals surface area (Å²) in [6, 6.07) is 13.7. The van der Waals surface area contributed by atoms with Crippen LogP contribution in [0.1, 0.15) is 34.5 Å². The summed E-state index contributed by atoms with van der Waals surface area (Å²) >= 11 is 0. The zero-order chi connectivity index (χ0) is 21.3. The molecule has 5 nitrogen and oxygen atoms in total. The smallest absolute Gasteiger partial charge is 0.255 e. The van der Waals surface area contributed by atoms with Crippen LogP contribution < -0.4 is 4.74 Å². The number of nitrogens with zero attached hydrogens (tertiary/aromatic N) is 2. The summed E-state index contributed by atoms with van der Waals surface area (Å²) in [7, 11) is 1.61. The second-order valence-electron chi connectivity index (χ2n) is 8.00. The Labute approximate surface area is 175 Å². The van der Waals surface area contributed by atoms with Gasteiger partial charge < -0.3 is 14.7 Å². The van der Waals surface area contributed by atoms with E-state index >= 15 is 0 Å². The largest absolute Gasteiger partial charge is 0.497 e. The van der Waals surface area contributed by atoms with Crippen molar-refractivity contribution in [3.8, 4) is 5.75 Å². The number of carbonyl (C=O) groups excluding carboxylic acids is 1. The van der Waals surface area contributed by atoms with Gasteiger partial charge in [-0.25, -0.2) is 4.39 Å². The maximum absolute atomic E-state index is 13.1. The van der Waals surface area contributed by atoms with Crippen molar-refractivity contribution in [1.29, 1.82) is 0 Å². The summed E-state index contributed by atoms with van der Waals surface area (Å²) < 4.78 is 18.4. The molecule has 0 aliphatic carbocycles. The second-order valence-corrected chi connectivity index (χ2v) is 8.00. The number of carbonyl (C=O) groups is 1. The maximum atomic E-state index is 13.1. The van der Waals surface area contributed by atoms with Crippen molar-refractivity contribution in [2.45, 2.75) is 31.8 Å². The van der Waals surface area contributed by atoms with E-state index < -0.39 is 5.60 Å². The number of benzene rings is 2. The molecule has 4 rings (SSSR count). The van der Waals surface area contributed by atoms with E-state index in [2.05, 4.69) is 4.98 Å². The van der Waals surface area contributed by atoms with Crippen molar-refractivity contribution >= 4 is 16.8 Å². The molecule has 156 valence electrons. The van der Waals surface area contributed by atoms with Crippen molar-refractivity contribution in [2.75, 3.05) is 20.2 Å². The van der Waals surface area contributed by atoms with Crippen LogP contribution >= 0.6 is 0 Å². The summed E-state index contributed by atoms with van der Waals surface area (Å²) in [6.45, 7) is 2.77. The van der Waals surface area contributed by atoms with Crippen molar-refractivity contribution < 1.29 is 19.0 Å². The highest BCUT2D eigenvalue weighted by molar-refractivity contribution is 5.98. The normalized spacial score (nSPS) is 15.9. The Hall–Kier alpha value is -2.99. The van der Waals surface area contributed by atoms with Gasteiger partial charge in [0.05, 0.1) is 29.5 Å². The topological polar surface area (TPSA) is 62.7 Å². The predicted molar refractivity (Wildman–Crippen MR) is 113 cm³/mol. The minimum atomic E-state index is -0.887. The van der Waals surface area contributed by atoms with Crippen LogP contribution in [0.2, 0.25) is 0 Å². The van der Waals surface area contributed by atoms with E-state index in [1.54, 1.807) is 24.1 Å². The van der Waals surface area contributed by atoms with Crippen LogP contribution in [0, 0.1) is 12.7 Å². The molecule has 1 aromatic heterocycles. The predicted octanol–water partition coefficient (Wildman–Crippen LogP) is 3.90. The van der Waals surface area contributed by atoms with Gasteiger partial charge in [0.1, 0.15) is 11.6 Å². The van der Waals surface area contributed by atoms with Gasteiger partial charge in [-0.1, -0.05) is 12.1 Å². The molecule has 30 heavy (non-hydrogen) atoms. The van der Waals surface area contributed by atoms with E-state index in [0.717, 1.165) is 22.2 Å². The quantitative estimate of drug-likeness (QED) is 0.711. The fraction of sp³-hybridized carbons (Fsp3) is 0.333. The van der Waals surface area contributed by atoms with Gasteiger partial charge in [0.15, 0.2) is 0 Å². The molecule has 0 spiro atoms. The Balaban J connectivity index is 1.47. The third kappa shape index (κ3) is 4.14. The molecule has 0 saturated carbocycles. The fourth-order valence-corrected chi connectivity index (χ4v) is 4.04. The Morgan fingerprint density at radius 3 is 2.53 bits per heavy atom. The Morgan fingerprint density at radius 2 is 1.87 bits per heavy atom. The average Bonchev–Trinajstić information content (AvgIpc) is 2.74. The van der Waals surface area contributed by atoms with Gasteiger partial charge in [-0.3, -0.25) is 9.78 Å². The molecule has 0 atom stereocenters. The summed E-state index contributed by atoms with van der Waals surface area (Å²) in [4.78, 5) is 19.5. The van der Waals surface area contributed by atoms with Crippen molar-refractivity contribution in [3.05, 3.63) is 71.2 Å². The monoisotopic (exact) mass is 408 g/mol. The number of piperidine rings is 1. The molecule has 1 fully saturated rings. The molecular weight excluding hydrogens is 383 g/mol. The van der Waals surface area contributed by atoms with Crippen LogP contribution in [0.5, 0.6) is 5.75 Å². The molecule has 3 aromatic rings. The first-order valence-corrected chi connectivity index (χ1v) is 10.1. The molecule has 1 N–H and O–H groups in total. The van der Waals surface area contributed by atoms with Gasteiger partial charge in [0.2, 0.25) is 0 Å². The molecule has 0 unspecified atom stereocenters. The SMILES string of the molecule is COc1ccc2cc(C(=O)N3CCC(O)(Cc4ccc(F)cc4)CC3)c(C)nc2c1. The van der Waals surface area contributed by atoms with E-state index in [1.165, 1.54) is 12.1 Å². The number of hydrogen-bond donors (Lipinski definition) is 1. The third-order valence-corrected chi connectivity index (χ3v) is 5.87. The van der Waals surface area contributed by atoms with Gasteiger partial charge >= 0.3 is 0 Å². The van der Waals surface area contributed by atoms with Crippen molar-refractivity contribution in [2.24, 2.45) is 0 Å². The second kappa shape index (κ2) is 8.03. The Kier molecular flexibility index (Phi) is 5.43. The molecular formula is C24H25FN2O3. The highest BCUT2D eigenvalue weighted by Gasteiger charge is 2.34. The number of hydrogen-bond acceptors (Lipinski definition) is 4. The van der Waals surface area contributed by atoms with Gasteiger partial charge in [0, 0.05) is 31.0 Å². The van der Waals surface area contributed by atoms with E-state index in [0.29, 0.717) is 43.6 Å². The molecule has 1 aliphatic heterocycles. The molecule has 2 aromatic carbocycles. The number of methoxy groups -OCH3 is 1. The molecule has 1 aliphatic rings. The first-order chi connectivity index (χ1) is 14.4. The number of amides is 1. The summed E-state index contributed by atoms with van der Waals surface area (Å²) in [5.41, 5.74) is 2.05. The lowest BCUT2D eigenvalue weighted by Crippen LogP contribution is -2.47. The van der Waals surface area contributed by atoms with E-state index in [9.17, 15) is 14.3 Å². The lowest BCUT2D eigenvalue weighted by molar-refractivity contribution is -0.0162. The number of aromatic nitrogens is 1. The fourth-order valence-electron chi connectivity index (χ4n) is 4.04. The average molecular weight is 408 g/mol. The lowest BCUT2D eigenvalue weighted by atomic mass is 9.85. The standard InChI is InChI=1S/C24H25FN2O3/c1-16-21(13-18-5-8-20(30-2)14-22(18)26-16)23(28)27-11-9-24(29,10-12-27)15-17-3-6-19(25)7-4-17/h3-8,13-14,29H,9-12,15H2,1-2H3. The number of pyridine rings is 1. The summed E-state index contributed by atoms with van der Waals surface area (Å²) in [6.07, 6.45) is 1.41. The number of aliphatic hydroxyl groups is 1. The number of fused-ring (bicyclic) bond motifs is 1. The van der Waals surface area contributed by atoms with Gasteiger partial charge in [-0.15, -0.1) is 0 Å². The highest BCUT2D eigenvalue weighted by atomic mass is 19.1. The van der Waals surface area contributed by atoms with Crippen LogP contribution in [0.25, 0.3) is 10.9 Å². The first-order valence-electron chi connectivity index (χ1n) is 10.1. The summed E-state index contributed by atoms with van der Waals surface area (Å²) in [5, 5.41) is 11.8. The van der Waals surface area contributed by atoms with Crippen LogP contribution in [-0.2, 0) is 6.42 Å². The number of ether oxygens (including phenoxy) is 1. The molecule has 1 saturated heterocycles. The lowest BCUT2D eigenvalue weighted by Gasteiger charge is -2.38. The molecule has 0 bridgehead atoms. The van der Waals surface area contributed by atoms with Gasteiger partial charge in [-0.05, 0) is 55.7 Å². The Bertz CT molecular complexity index is 1070. The van der Waals surface area contributed by atoms with Crippen molar-refractivity contribution in [3.63, 3.8) is 0 Å². The zero-order valence-corrected chi connectivity index (χ0v) is 17.2. The van der Waals surface area contributed by atoms with E-state index in [-0.39, 0.29) is 11.7 Å². The number of likely N-dealkylation sites (tertiary alicyclic amines) is 1. The van der Waals surface area contributed by atoms with Gasteiger partial charge in [-0.2, -0.15) is 0 Å². The number of aryl methyl sites for hydroxylation is 1. The molecule has 0 radical (unpaired) electrons. The Morgan fingerprint density at radius 1 is 1.17 bits per heavy atom. The molecule has 6 heteroatoms. The minimum Gasteiger partial charge on any atom is -0.497 e. The van der Waals surface area contributed by atoms with Crippen LogP contribution in [-0.4, -0.2) is 46.7 Å². The number of rotatable bonds is 4. The van der Waals surface area contributed by atoms with E-state index in [1.807, 2.05) is 31.2 Å². The van der Waals surface area contributed by atoms with E-state index in [4.69, 9.17) is 4.74 Å². The van der Waals surface area contributed by atoms with Gasteiger partial charge in [0.25, 0.3) is 5.91 Å². The van der Waals surface area contributed by atoms with Crippen LogP contribution in [0.15, 0.2) is 48.5 Å².